The normalized spacial score (nSPS) is 20.6. The molecule has 5 nitrogen and oxygen atoms in total. The lowest BCUT2D eigenvalue weighted by Gasteiger charge is -2.38. The standard InChI is InChI=1S/C18H36N4O.HI/c1-4-16(5-2)17(22-9-11-23-12-10-22)14-21-18(19-6-3)20-13-15-7-8-15;/h15-17H,4-14H2,1-3H3,(H2,19,20,21);1H. The molecule has 0 spiro atoms. The van der Waals surface area contributed by atoms with Crippen LogP contribution in [0.5, 0.6) is 0 Å². The molecule has 0 amide bonds. The zero-order valence-corrected chi connectivity index (χ0v) is 18.1. The third-order valence-electron chi connectivity index (χ3n) is 5.14. The van der Waals surface area contributed by atoms with Gasteiger partial charge in [0.05, 0.1) is 19.8 Å². The predicted octanol–water partition coefficient (Wildman–Crippen LogP) is 2.71. The fourth-order valence-corrected chi connectivity index (χ4v) is 3.39. The molecule has 1 saturated heterocycles. The van der Waals surface area contributed by atoms with E-state index in [9.17, 15) is 0 Å². The van der Waals surface area contributed by atoms with Crippen molar-refractivity contribution < 1.29 is 4.74 Å². The minimum absolute atomic E-state index is 0. The Morgan fingerprint density at radius 2 is 1.79 bits per heavy atom. The van der Waals surface area contributed by atoms with Crippen molar-refractivity contribution in [3.8, 4) is 0 Å². The summed E-state index contributed by atoms with van der Waals surface area (Å²) in [7, 11) is 0. The second kappa shape index (κ2) is 12.3. The fraction of sp³-hybridized carbons (Fsp3) is 0.944. The van der Waals surface area contributed by atoms with Crippen LogP contribution in [0.3, 0.4) is 0 Å². The Kier molecular flexibility index (Phi) is 11.3. The summed E-state index contributed by atoms with van der Waals surface area (Å²) >= 11 is 0. The van der Waals surface area contributed by atoms with E-state index in [0.29, 0.717) is 12.0 Å². The highest BCUT2D eigenvalue weighted by atomic mass is 127. The van der Waals surface area contributed by atoms with Crippen LogP contribution in [0.25, 0.3) is 0 Å². The van der Waals surface area contributed by atoms with Crippen molar-refractivity contribution in [1.29, 1.82) is 0 Å². The molecule has 24 heavy (non-hydrogen) atoms. The third-order valence-corrected chi connectivity index (χ3v) is 5.14. The van der Waals surface area contributed by atoms with Crippen LogP contribution in [0, 0.1) is 11.8 Å². The van der Waals surface area contributed by atoms with Crippen molar-refractivity contribution in [3.63, 3.8) is 0 Å². The molecule has 2 N–H and O–H groups in total. The van der Waals surface area contributed by atoms with Gasteiger partial charge < -0.3 is 15.4 Å². The Hall–Kier alpha value is -0.0800. The highest BCUT2D eigenvalue weighted by molar-refractivity contribution is 14.0. The molecule has 0 aromatic heterocycles. The summed E-state index contributed by atoms with van der Waals surface area (Å²) in [6, 6.07) is 0.533. The first kappa shape index (κ1) is 22.0. The van der Waals surface area contributed by atoms with Gasteiger partial charge in [0.2, 0.25) is 0 Å². The van der Waals surface area contributed by atoms with Crippen LogP contribution < -0.4 is 10.6 Å². The first-order valence-corrected chi connectivity index (χ1v) is 9.62. The Bertz CT molecular complexity index is 353. The highest BCUT2D eigenvalue weighted by Crippen LogP contribution is 2.27. The van der Waals surface area contributed by atoms with Crippen molar-refractivity contribution in [3.05, 3.63) is 0 Å². The van der Waals surface area contributed by atoms with Gasteiger partial charge in [-0.3, -0.25) is 9.89 Å². The molecule has 1 atom stereocenters. The monoisotopic (exact) mass is 452 g/mol. The Balaban J connectivity index is 0.00000288. The lowest BCUT2D eigenvalue weighted by Crippen LogP contribution is -2.49. The van der Waals surface area contributed by atoms with Gasteiger partial charge in [0.15, 0.2) is 5.96 Å². The number of aliphatic imine (C=N–C) groups is 1. The summed E-state index contributed by atoms with van der Waals surface area (Å²) in [5.41, 5.74) is 0. The van der Waals surface area contributed by atoms with Gasteiger partial charge in [0.25, 0.3) is 0 Å². The van der Waals surface area contributed by atoms with Crippen molar-refractivity contribution in [2.45, 2.75) is 52.5 Å². The van der Waals surface area contributed by atoms with E-state index in [-0.39, 0.29) is 24.0 Å². The highest BCUT2D eigenvalue weighted by Gasteiger charge is 2.27. The molecular weight excluding hydrogens is 415 g/mol. The van der Waals surface area contributed by atoms with Gasteiger partial charge in [-0.05, 0) is 31.6 Å². The molecule has 1 unspecified atom stereocenters. The predicted molar refractivity (Wildman–Crippen MR) is 112 cm³/mol. The smallest absolute Gasteiger partial charge is 0.191 e. The number of ether oxygens (including phenoxy) is 1. The van der Waals surface area contributed by atoms with Crippen molar-refractivity contribution in [2.24, 2.45) is 16.8 Å². The average molecular weight is 452 g/mol. The first-order valence-electron chi connectivity index (χ1n) is 9.62. The van der Waals surface area contributed by atoms with Crippen LogP contribution in [0.15, 0.2) is 4.99 Å². The van der Waals surface area contributed by atoms with Gasteiger partial charge in [0.1, 0.15) is 0 Å². The van der Waals surface area contributed by atoms with E-state index in [4.69, 9.17) is 9.73 Å². The average Bonchev–Trinajstić information content (AvgIpc) is 3.41. The number of nitrogens with one attached hydrogen (secondary N) is 2. The first-order chi connectivity index (χ1) is 11.3. The molecule has 1 heterocycles. The number of rotatable bonds is 9. The molecule has 6 heteroatoms. The van der Waals surface area contributed by atoms with E-state index in [1.807, 2.05) is 0 Å². The van der Waals surface area contributed by atoms with E-state index < -0.39 is 0 Å². The van der Waals surface area contributed by atoms with Crippen LogP contribution in [-0.2, 0) is 4.74 Å². The maximum Gasteiger partial charge on any atom is 0.191 e. The van der Waals surface area contributed by atoms with E-state index in [0.717, 1.165) is 57.8 Å². The van der Waals surface area contributed by atoms with Crippen LogP contribution in [0.4, 0.5) is 0 Å². The minimum Gasteiger partial charge on any atom is -0.379 e. The fourth-order valence-electron chi connectivity index (χ4n) is 3.39. The molecule has 0 aromatic carbocycles. The topological polar surface area (TPSA) is 48.9 Å². The summed E-state index contributed by atoms with van der Waals surface area (Å²) in [5.74, 6) is 2.57. The molecule has 2 rings (SSSR count). The van der Waals surface area contributed by atoms with Crippen LogP contribution in [0.1, 0.15) is 46.5 Å². The largest absolute Gasteiger partial charge is 0.379 e. The number of guanidine groups is 1. The van der Waals surface area contributed by atoms with Crippen molar-refractivity contribution in [1.82, 2.24) is 15.5 Å². The molecule has 142 valence electrons. The summed E-state index contributed by atoms with van der Waals surface area (Å²) < 4.78 is 5.53. The molecule has 0 aromatic rings. The van der Waals surface area contributed by atoms with Gasteiger partial charge in [-0.15, -0.1) is 24.0 Å². The van der Waals surface area contributed by atoms with Gasteiger partial charge in [-0.25, -0.2) is 0 Å². The Morgan fingerprint density at radius 1 is 1.12 bits per heavy atom. The van der Waals surface area contributed by atoms with Crippen molar-refractivity contribution in [2.75, 3.05) is 45.9 Å². The van der Waals surface area contributed by atoms with Crippen LogP contribution in [0.2, 0.25) is 0 Å². The molecule has 0 bridgehead atoms. The van der Waals surface area contributed by atoms with Gasteiger partial charge in [-0.2, -0.15) is 0 Å². The summed E-state index contributed by atoms with van der Waals surface area (Å²) in [4.78, 5) is 7.51. The molecule has 1 aliphatic carbocycles. The number of morpholine rings is 1. The lowest BCUT2D eigenvalue weighted by atomic mass is 9.92. The maximum atomic E-state index is 5.53. The molecule has 0 radical (unpaired) electrons. The van der Waals surface area contributed by atoms with E-state index in [2.05, 4.69) is 36.3 Å². The zero-order valence-electron chi connectivity index (χ0n) is 15.7. The van der Waals surface area contributed by atoms with E-state index in [1.54, 1.807) is 0 Å². The second-order valence-corrected chi connectivity index (χ2v) is 6.84. The molecule has 2 aliphatic rings. The molecule has 1 saturated carbocycles. The van der Waals surface area contributed by atoms with Crippen molar-refractivity contribution >= 4 is 29.9 Å². The Labute approximate surface area is 165 Å². The summed E-state index contributed by atoms with van der Waals surface area (Å²) in [5, 5.41) is 6.91. The molecule has 1 aliphatic heterocycles. The number of nitrogens with zero attached hydrogens (tertiary/aromatic N) is 2. The third kappa shape index (κ3) is 7.44. The number of hydrogen-bond donors (Lipinski definition) is 2. The van der Waals surface area contributed by atoms with Gasteiger partial charge in [0, 0.05) is 32.2 Å². The van der Waals surface area contributed by atoms with Gasteiger partial charge >= 0.3 is 0 Å². The Morgan fingerprint density at radius 3 is 2.33 bits per heavy atom. The quantitative estimate of drug-likeness (QED) is 0.321. The van der Waals surface area contributed by atoms with Gasteiger partial charge in [-0.1, -0.05) is 26.7 Å². The number of hydrogen-bond acceptors (Lipinski definition) is 3. The summed E-state index contributed by atoms with van der Waals surface area (Å²) in [6.07, 6.45) is 5.19. The molecule has 2 fully saturated rings. The second-order valence-electron chi connectivity index (χ2n) is 6.84. The molecular formula is C18H37IN4O. The minimum atomic E-state index is 0. The zero-order chi connectivity index (χ0) is 16.5. The lowest BCUT2D eigenvalue weighted by molar-refractivity contribution is 0.00395. The van der Waals surface area contributed by atoms with E-state index in [1.165, 1.54) is 25.7 Å². The van der Waals surface area contributed by atoms with Crippen LogP contribution in [-0.4, -0.2) is 62.8 Å². The van der Waals surface area contributed by atoms with Crippen LogP contribution >= 0.6 is 24.0 Å². The number of halogens is 1. The van der Waals surface area contributed by atoms with E-state index >= 15 is 0 Å². The maximum absolute atomic E-state index is 5.53. The summed E-state index contributed by atoms with van der Waals surface area (Å²) in [6.45, 7) is 13.4. The SMILES string of the molecule is CCNC(=NCC(C(CC)CC)N1CCOCC1)NCC1CC1.I.